The van der Waals surface area contributed by atoms with Crippen LogP contribution in [0.1, 0.15) is 22.5 Å². The number of rotatable bonds is 6. The first-order valence-corrected chi connectivity index (χ1v) is 10.8. The number of amides is 1. The second kappa shape index (κ2) is 8.62. The van der Waals surface area contributed by atoms with Gasteiger partial charge in [-0.3, -0.25) is 4.79 Å². The van der Waals surface area contributed by atoms with Gasteiger partial charge in [0.15, 0.2) is 5.82 Å². The van der Waals surface area contributed by atoms with E-state index in [2.05, 4.69) is 20.2 Å². The summed E-state index contributed by atoms with van der Waals surface area (Å²) in [6, 6.07) is 7.62. The number of hydrogen-bond donors (Lipinski definition) is 3. The lowest BCUT2D eigenvalue weighted by Gasteiger charge is -2.32. The summed E-state index contributed by atoms with van der Waals surface area (Å²) in [7, 11) is 1.39. The van der Waals surface area contributed by atoms with E-state index in [0.717, 1.165) is 13.0 Å². The lowest BCUT2D eigenvalue weighted by atomic mass is 9.98. The Labute approximate surface area is 194 Å². The van der Waals surface area contributed by atoms with Gasteiger partial charge in [0.2, 0.25) is 0 Å². The van der Waals surface area contributed by atoms with E-state index >= 15 is 0 Å². The molecule has 8 nitrogen and oxygen atoms in total. The maximum absolute atomic E-state index is 14.8. The molecule has 10 heteroatoms. The Bertz CT molecular complexity index is 1290. The summed E-state index contributed by atoms with van der Waals surface area (Å²) < 4.78 is 34.6. The number of fused-ring (bicyclic) bond motifs is 2. The average Bonchev–Trinajstić information content (AvgIpc) is 3.47. The van der Waals surface area contributed by atoms with Crippen LogP contribution in [-0.4, -0.2) is 53.3 Å². The number of aliphatic hydroxyl groups is 1. The molecule has 2 atom stereocenters. The zero-order valence-corrected chi connectivity index (χ0v) is 18.4. The van der Waals surface area contributed by atoms with Crippen LogP contribution in [-0.2, 0) is 6.61 Å². The normalized spacial score (nSPS) is 19.0. The summed E-state index contributed by atoms with van der Waals surface area (Å²) in [5.74, 6) is -1.99. The van der Waals surface area contributed by atoms with Crippen LogP contribution in [0.3, 0.4) is 0 Å². The van der Waals surface area contributed by atoms with Crippen molar-refractivity contribution in [3.8, 4) is 28.3 Å². The lowest BCUT2D eigenvalue weighted by molar-refractivity contribution is 0.0996. The van der Waals surface area contributed by atoms with Gasteiger partial charge in [-0.25, -0.2) is 18.7 Å². The van der Waals surface area contributed by atoms with Crippen LogP contribution in [0, 0.1) is 11.6 Å². The predicted octanol–water partition coefficient (Wildman–Crippen LogP) is 2.24. The van der Waals surface area contributed by atoms with Crippen LogP contribution in [0.4, 0.5) is 14.5 Å². The van der Waals surface area contributed by atoms with Crippen molar-refractivity contribution in [3.05, 3.63) is 59.4 Å². The first-order valence-electron chi connectivity index (χ1n) is 10.8. The van der Waals surface area contributed by atoms with Crippen LogP contribution >= 0.6 is 0 Å². The number of carbonyl (C=O) groups is 1. The Hall–Kier alpha value is -3.63. The number of primary amides is 1. The molecular formula is C24H23F2N5O3. The van der Waals surface area contributed by atoms with Crippen molar-refractivity contribution >= 4 is 11.6 Å². The van der Waals surface area contributed by atoms with Gasteiger partial charge in [-0.2, -0.15) is 0 Å². The molecule has 1 aromatic heterocycles. The minimum Gasteiger partial charge on any atom is -0.496 e. The highest BCUT2D eigenvalue weighted by molar-refractivity contribution is 6.00. The fourth-order valence-corrected chi connectivity index (χ4v) is 4.81. The number of carbonyl (C=O) groups excluding carboxylic acids is 1. The second-order valence-corrected chi connectivity index (χ2v) is 8.40. The Morgan fingerprint density at radius 3 is 2.76 bits per heavy atom. The van der Waals surface area contributed by atoms with Crippen molar-refractivity contribution in [2.45, 2.75) is 25.1 Å². The Morgan fingerprint density at radius 1 is 1.29 bits per heavy atom. The number of methoxy groups -OCH3 is 1. The lowest BCUT2D eigenvalue weighted by Crippen LogP contribution is -2.43. The SMILES string of the molecule is COc1cccc(F)c1-c1ncc(-c2cc(F)c(CO)cc2N2C[C@@H]3C[C@H]2CN3)c(C(N)=O)n1. The van der Waals surface area contributed by atoms with Gasteiger partial charge >= 0.3 is 0 Å². The average molecular weight is 467 g/mol. The summed E-state index contributed by atoms with van der Waals surface area (Å²) in [6.07, 6.45) is 2.29. The van der Waals surface area contributed by atoms with Crippen LogP contribution in [0.2, 0.25) is 0 Å². The Morgan fingerprint density at radius 2 is 2.12 bits per heavy atom. The second-order valence-electron chi connectivity index (χ2n) is 8.40. The fourth-order valence-electron chi connectivity index (χ4n) is 4.81. The van der Waals surface area contributed by atoms with Gasteiger partial charge in [0, 0.05) is 53.7 Å². The molecule has 2 bridgehead atoms. The molecule has 1 amide bonds. The van der Waals surface area contributed by atoms with Crippen molar-refractivity contribution in [2.75, 3.05) is 25.1 Å². The number of piperazine rings is 1. The molecule has 2 aromatic carbocycles. The maximum Gasteiger partial charge on any atom is 0.268 e. The number of halogens is 2. The maximum atomic E-state index is 14.8. The van der Waals surface area contributed by atoms with Crippen LogP contribution in [0.25, 0.3) is 22.5 Å². The summed E-state index contributed by atoms with van der Waals surface area (Å²) in [5, 5.41) is 13.1. The van der Waals surface area contributed by atoms with E-state index in [1.807, 2.05) is 0 Å². The van der Waals surface area contributed by atoms with Gasteiger partial charge in [0.1, 0.15) is 23.1 Å². The molecule has 0 spiro atoms. The van der Waals surface area contributed by atoms with Gasteiger partial charge < -0.3 is 25.8 Å². The molecule has 2 saturated heterocycles. The van der Waals surface area contributed by atoms with Crippen molar-refractivity contribution in [2.24, 2.45) is 5.73 Å². The summed E-state index contributed by atoms with van der Waals surface area (Å²) in [6.45, 7) is 1.01. The summed E-state index contributed by atoms with van der Waals surface area (Å²) in [5.41, 5.74) is 6.87. The molecule has 2 fully saturated rings. The highest BCUT2D eigenvalue weighted by Gasteiger charge is 2.39. The highest BCUT2D eigenvalue weighted by Crippen LogP contribution is 2.40. The van der Waals surface area contributed by atoms with Crippen molar-refractivity contribution in [1.82, 2.24) is 15.3 Å². The van der Waals surface area contributed by atoms with Gasteiger partial charge in [0.25, 0.3) is 5.91 Å². The number of nitrogens with zero attached hydrogens (tertiary/aromatic N) is 3. The molecule has 5 rings (SSSR count). The van der Waals surface area contributed by atoms with Gasteiger partial charge in [-0.15, -0.1) is 0 Å². The highest BCUT2D eigenvalue weighted by atomic mass is 19.1. The minimum atomic E-state index is -0.865. The Kier molecular flexibility index (Phi) is 5.62. The third-order valence-electron chi connectivity index (χ3n) is 6.43. The van der Waals surface area contributed by atoms with Gasteiger partial charge in [0.05, 0.1) is 19.3 Å². The topological polar surface area (TPSA) is 114 Å². The zero-order valence-electron chi connectivity index (χ0n) is 18.4. The van der Waals surface area contributed by atoms with Crippen LogP contribution in [0.5, 0.6) is 5.75 Å². The molecule has 34 heavy (non-hydrogen) atoms. The molecule has 3 heterocycles. The van der Waals surface area contributed by atoms with Crippen LogP contribution < -0.4 is 20.7 Å². The molecule has 3 aromatic rings. The monoisotopic (exact) mass is 467 g/mol. The van der Waals surface area contributed by atoms with E-state index in [1.165, 1.54) is 31.5 Å². The molecule has 2 aliphatic rings. The Balaban J connectivity index is 1.69. The van der Waals surface area contributed by atoms with E-state index < -0.39 is 24.1 Å². The fraction of sp³-hybridized carbons (Fsp3) is 0.292. The third-order valence-corrected chi connectivity index (χ3v) is 6.43. The molecule has 176 valence electrons. The third kappa shape index (κ3) is 3.64. The predicted molar refractivity (Wildman–Crippen MR) is 121 cm³/mol. The molecule has 2 aliphatic heterocycles. The van der Waals surface area contributed by atoms with Crippen molar-refractivity contribution in [1.29, 1.82) is 0 Å². The van der Waals surface area contributed by atoms with E-state index in [9.17, 15) is 18.7 Å². The first kappa shape index (κ1) is 22.2. The van der Waals surface area contributed by atoms with E-state index in [0.29, 0.717) is 23.8 Å². The van der Waals surface area contributed by atoms with Crippen molar-refractivity contribution in [3.63, 3.8) is 0 Å². The molecule has 0 unspecified atom stereocenters. The molecule has 0 radical (unpaired) electrons. The molecular weight excluding hydrogens is 444 g/mol. The number of nitrogens with two attached hydrogens (primary N) is 1. The van der Waals surface area contributed by atoms with E-state index in [1.54, 1.807) is 12.1 Å². The number of benzene rings is 2. The number of aliphatic hydroxyl groups excluding tert-OH is 1. The van der Waals surface area contributed by atoms with Crippen LogP contribution in [0.15, 0.2) is 36.5 Å². The number of ether oxygens (including phenoxy) is 1. The largest absolute Gasteiger partial charge is 0.496 e. The quantitative estimate of drug-likeness (QED) is 0.510. The standard InChI is InChI=1S/C24H23F2N5O3/c1-34-20-4-2-3-17(25)21(20)24-29-9-16(22(30-24)23(27)33)15-7-18(26)12(11-32)5-19(15)31-10-13-6-14(31)8-28-13/h2-5,7,9,13-14,28,32H,6,8,10-11H2,1H3,(H2,27,33)/t13-,14-/m0/s1. The van der Waals surface area contributed by atoms with Gasteiger partial charge in [-0.1, -0.05) is 6.07 Å². The number of nitrogens with one attached hydrogen (secondary N) is 1. The molecule has 0 saturated carbocycles. The molecule has 0 aliphatic carbocycles. The smallest absolute Gasteiger partial charge is 0.268 e. The molecule has 4 N–H and O–H groups in total. The number of anilines is 1. The number of hydrogen-bond acceptors (Lipinski definition) is 7. The summed E-state index contributed by atoms with van der Waals surface area (Å²) in [4.78, 5) is 23.1. The first-order chi connectivity index (χ1) is 16.4. The number of aromatic nitrogens is 2. The van der Waals surface area contributed by atoms with E-state index in [-0.39, 0.29) is 40.0 Å². The van der Waals surface area contributed by atoms with Gasteiger partial charge in [-0.05, 0) is 30.7 Å². The zero-order chi connectivity index (χ0) is 24.0. The summed E-state index contributed by atoms with van der Waals surface area (Å²) >= 11 is 0. The van der Waals surface area contributed by atoms with E-state index in [4.69, 9.17) is 10.5 Å². The van der Waals surface area contributed by atoms with Crippen molar-refractivity contribution < 1.29 is 23.4 Å². The minimum absolute atomic E-state index is 0.0102.